The highest BCUT2D eigenvalue weighted by Gasteiger charge is 2.27. The van der Waals surface area contributed by atoms with Crippen molar-refractivity contribution in [1.82, 2.24) is 0 Å². The summed E-state index contributed by atoms with van der Waals surface area (Å²) < 4.78 is 5.59. The molecule has 1 aliphatic heterocycles. The van der Waals surface area contributed by atoms with Gasteiger partial charge in [0.15, 0.2) is 0 Å². The smallest absolute Gasteiger partial charge is 0.0618 e. The van der Waals surface area contributed by atoms with E-state index in [-0.39, 0.29) is 0 Å². The Kier molecular flexibility index (Phi) is 3.34. The first-order valence-electron chi connectivity index (χ1n) is 4.55. The molecule has 2 atom stereocenters. The van der Waals surface area contributed by atoms with Crippen molar-refractivity contribution in [3.63, 3.8) is 0 Å². The molecule has 1 rings (SSSR count). The van der Waals surface area contributed by atoms with Crippen molar-refractivity contribution in [1.29, 1.82) is 0 Å². The van der Waals surface area contributed by atoms with Crippen LogP contribution in [0.4, 0.5) is 0 Å². The molecule has 1 saturated heterocycles. The van der Waals surface area contributed by atoms with Crippen molar-refractivity contribution >= 4 is 0 Å². The molecular formula is C9H19NO. The van der Waals surface area contributed by atoms with Gasteiger partial charge in [0.05, 0.1) is 6.10 Å². The van der Waals surface area contributed by atoms with E-state index in [0.717, 1.165) is 25.5 Å². The Bertz CT molecular complexity index is 114. The average Bonchev–Trinajstić information content (AvgIpc) is 2.34. The Morgan fingerprint density at radius 1 is 1.55 bits per heavy atom. The minimum absolute atomic E-state index is 0.444. The molecular weight excluding hydrogens is 138 g/mol. The van der Waals surface area contributed by atoms with E-state index in [4.69, 9.17) is 10.5 Å². The zero-order valence-corrected chi connectivity index (χ0v) is 7.55. The first kappa shape index (κ1) is 9.01. The van der Waals surface area contributed by atoms with Crippen LogP contribution in [0.3, 0.4) is 0 Å². The third-order valence-corrected chi connectivity index (χ3v) is 2.35. The molecule has 2 heteroatoms. The number of hydrogen-bond acceptors (Lipinski definition) is 2. The fourth-order valence-electron chi connectivity index (χ4n) is 1.69. The molecule has 0 bridgehead atoms. The molecule has 2 nitrogen and oxygen atoms in total. The lowest BCUT2D eigenvalue weighted by Crippen LogP contribution is -2.25. The van der Waals surface area contributed by atoms with E-state index in [1.54, 1.807) is 0 Å². The van der Waals surface area contributed by atoms with Gasteiger partial charge in [-0.05, 0) is 31.2 Å². The summed E-state index contributed by atoms with van der Waals surface area (Å²) in [6.45, 7) is 6.17. The van der Waals surface area contributed by atoms with E-state index in [1.807, 2.05) is 0 Å². The van der Waals surface area contributed by atoms with Gasteiger partial charge >= 0.3 is 0 Å². The quantitative estimate of drug-likeness (QED) is 0.672. The van der Waals surface area contributed by atoms with Gasteiger partial charge in [0.25, 0.3) is 0 Å². The summed E-state index contributed by atoms with van der Waals surface area (Å²) in [7, 11) is 0. The van der Waals surface area contributed by atoms with Crippen molar-refractivity contribution in [2.75, 3.05) is 13.2 Å². The molecule has 0 aliphatic carbocycles. The first-order chi connectivity index (χ1) is 5.24. The molecule has 1 fully saturated rings. The number of ether oxygens (including phenoxy) is 1. The van der Waals surface area contributed by atoms with Gasteiger partial charge in [0.1, 0.15) is 0 Å². The average molecular weight is 157 g/mol. The van der Waals surface area contributed by atoms with Crippen LogP contribution >= 0.6 is 0 Å². The van der Waals surface area contributed by atoms with Gasteiger partial charge < -0.3 is 10.5 Å². The van der Waals surface area contributed by atoms with E-state index < -0.39 is 0 Å². The van der Waals surface area contributed by atoms with Crippen molar-refractivity contribution in [2.45, 2.75) is 32.8 Å². The highest BCUT2D eigenvalue weighted by molar-refractivity contribution is 4.77. The molecule has 2 unspecified atom stereocenters. The third-order valence-electron chi connectivity index (χ3n) is 2.35. The standard InChI is InChI=1S/C9H19NO/c1-7(2)5-9-8(6-10)3-4-11-9/h7-9H,3-6,10H2,1-2H3. The van der Waals surface area contributed by atoms with E-state index in [2.05, 4.69) is 13.8 Å². The van der Waals surface area contributed by atoms with Crippen LogP contribution in [0.15, 0.2) is 0 Å². The molecule has 0 amide bonds. The normalized spacial score (nSPS) is 31.6. The first-order valence-corrected chi connectivity index (χ1v) is 4.55. The van der Waals surface area contributed by atoms with Crippen LogP contribution in [0, 0.1) is 11.8 Å². The summed E-state index contributed by atoms with van der Waals surface area (Å²) in [5.74, 6) is 1.35. The van der Waals surface area contributed by atoms with Gasteiger partial charge in [0, 0.05) is 6.61 Å². The van der Waals surface area contributed by atoms with Crippen molar-refractivity contribution < 1.29 is 4.74 Å². The van der Waals surface area contributed by atoms with Crippen LogP contribution in [0.1, 0.15) is 26.7 Å². The van der Waals surface area contributed by atoms with Gasteiger partial charge in [-0.3, -0.25) is 0 Å². The van der Waals surface area contributed by atoms with E-state index in [1.165, 1.54) is 6.42 Å². The second-order valence-corrected chi connectivity index (χ2v) is 3.82. The topological polar surface area (TPSA) is 35.2 Å². The van der Waals surface area contributed by atoms with Crippen LogP contribution in [-0.2, 0) is 4.74 Å². The number of hydrogen-bond donors (Lipinski definition) is 1. The third kappa shape index (κ3) is 2.46. The Hall–Kier alpha value is -0.0800. The molecule has 2 N–H and O–H groups in total. The second-order valence-electron chi connectivity index (χ2n) is 3.82. The molecule has 0 saturated carbocycles. The largest absolute Gasteiger partial charge is 0.378 e. The van der Waals surface area contributed by atoms with Crippen molar-refractivity contribution in [3.05, 3.63) is 0 Å². The fraction of sp³-hybridized carbons (Fsp3) is 1.00. The minimum Gasteiger partial charge on any atom is -0.378 e. The summed E-state index contributed by atoms with van der Waals surface area (Å²) >= 11 is 0. The van der Waals surface area contributed by atoms with Crippen LogP contribution in [0.2, 0.25) is 0 Å². The summed E-state index contributed by atoms with van der Waals surface area (Å²) in [4.78, 5) is 0. The van der Waals surface area contributed by atoms with Crippen LogP contribution in [0.5, 0.6) is 0 Å². The highest BCUT2D eigenvalue weighted by Crippen LogP contribution is 2.24. The molecule has 0 aromatic heterocycles. The van der Waals surface area contributed by atoms with Gasteiger partial charge in [-0.1, -0.05) is 13.8 Å². The predicted octanol–water partition coefficient (Wildman–Crippen LogP) is 1.40. The van der Waals surface area contributed by atoms with E-state index in [9.17, 15) is 0 Å². The molecule has 0 radical (unpaired) electrons. The maximum Gasteiger partial charge on any atom is 0.0618 e. The predicted molar refractivity (Wildman–Crippen MR) is 46.4 cm³/mol. The van der Waals surface area contributed by atoms with E-state index >= 15 is 0 Å². The van der Waals surface area contributed by atoms with Crippen LogP contribution < -0.4 is 5.73 Å². The Labute approximate surface area is 69.1 Å². The fourth-order valence-corrected chi connectivity index (χ4v) is 1.69. The second kappa shape index (κ2) is 4.07. The summed E-state index contributed by atoms with van der Waals surface area (Å²) in [6, 6.07) is 0. The van der Waals surface area contributed by atoms with Gasteiger partial charge in [-0.15, -0.1) is 0 Å². The summed E-state index contributed by atoms with van der Waals surface area (Å²) in [5, 5.41) is 0. The lowest BCUT2D eigenvalue weighted by Gasteiger charge is -2.18. The molecule has 1 heterocycles. The van der Waals surface area contributed by atoms with Crippen LogP contribution in [0.25, 0.3) is 0 Å². The lowest BCUT2D eigenvalue weighted by atomic mass is 9.94. The SMILES string of the molecule is CC(C)CC1OCCC1CN. The molecule has 1 aliphatic rings. The molecule has 66 valence electrons. The van der Waals surface area contributed by atoms with Crippen LogP contribution in [-0.4, -0.2) is 19.3 Å². The monoisotopic (exact) mass is 157 g/mol. The highest BCUT2D eigenvalue weighted by atomic mass is 16.5. The van der Waals surface area contributed by atoms with Gasteiger partial charge in [-0.25, -0.2) is 0 Å². The maximum atomic E-state index is 5.62. The summed E-state index contributed by atoms with van der Waals surface area (Å²) in [5.41, 5.74) is 5.62. The number of nitrogens with two attached hydrogens (primary N) is 1. The lowest BCUT2D eigenvalue weighted by molar-refractivity contribution is 0.0748. The Balaban J connectivity index is 2.31. The zero-order valence-electron chi connectivity index (χ0n) is 7.55. The molecule has 0 aromatic carbocycles. The minimum atomic E-state index is 0.444. The Morgan fingerprint density at radius 2 is 2.27 bits per heavy atom. The molecule has 0 aromatic rings. The maximum absolute atomic E-state index is 5.62. The Morgan fingerprint density at radius 3 is 2.82 bits per heavy atom. The number of rotatable bonds is 3. The van der Waals surface area contributed by atoms with E-state index in [0.29, 0.717) is 12.0 Å². The molecule has 11 heavy (non-hydrogen) atoms. The zero-order chi connectivity index (χ0) is 8.27. The van der Waals surface area contributed by atoms with Gasteiger partial charge in [0.2, 0.25) is 0 Å². The summed E-state index contributed by atoms with van der Waals surface area (Å²) in [6.07, 6.45) is 2.77. The van der Waals surface area contributed by atoms with Gasteiger partial charge in [-0.2, -0.15) is 0 Å². The van der Waals surface area contributed by atoms with Crippen molar-refractivity contribution in [3.8, 4) is 0 Å². The molecule has 0 spiro atoms. The van der Waals surface area contributed by atoms with Crippen molar-refractivity contribution in [2.24, 2.45) is 17.6 Å².